The fourth-order valence-corrected chi connectivity index (χ4v) is 4.77. The molecule has 1 saturated carbocycles. The Labute approximate surface area is 159 Å². The molecule has 2 unspecified atom stereocenters. The summed E-state index contributed by atoms with van der Waals surface area (Å²) in [4.78, 5) is 8.98. The van der Waals surface area contributed by atoms with Crippen LogP contribution in [-0.2, 0) is 0 Å². The van der Waals surface area contributed by atoms with Gasteiger partial charge in [0.15, 0.2) is 0 Å². The Morgan fingerprint density at radius 2 is 2.00 bits per heavy atom. The van der Waals surface area contributed by atoms with Crippen molar-refractivity contribution in [3.8, 4) is 0 Å². The highest BCUT2D eigenvalue weighted by molar-refractivity contribution is 7.96. The zero-order chi connectivity index (χ0) is 18.7. The van der Waals surface area contributed by atoms with E-state index in [4.69, 9.17) is 4.99 Å². The number of hydrogen-bond donors (Lipinski definition) is 0. The summed E-state index contributed by atoms with van der Waals surface area (Å²) >= 11 is 1.79. The summed E-state index contributed by atoms with van der Waals surface area (Å²) < 4.78 is 19.0. The lowest BCUT2D eigenvalue weighted by Crippen LogP contribution is -2.48. The van der Waals surface area contributed by atoms with E-state index in [0.717, 1.165) is 44.3 Å². The molecule has 0 radical (unpaired) electrons. The summed E-state index contributed by atoms with van der Waals surface area (Å²) in [6.45, 7) is 11.9. The molecule has 0 amide bonds. The first kappa shape index (κ1) is 19.4. The summed E-state index contributed by atoms with van der Waals surface area (Å²) in [5, 5.41) is 1.14. The molecule has 0 N–H and O–H groups in total. The zero-order valence-corrected chi connectivity index (χ0v) is 16.6. The van der Waals surface area contributed by atoms with Crippen LogP contribution in [0.2, 0.25) is 0 Å². The smallest absolute Gasteiger partial charge is 0.147 e. The zero-order valence-electron chi connectivity index (χ0n) is 15.8. The average molecular weight is 377 g/mol. The number of aliphatic imine (C=N–C) groups is 1. The first-order valence-electron chi connectivity index (χ1n) is 9.44. The summed E-state index contributed by atoms with van der Waals surface area (Å²) in [5.74, 6) is 0.203. The fraction of sp³-hybridized carbons (Fsp3) is 0.600. The van der Waals surface area contributed by atoms with Crippen LogP contribution < -0.4 is 16.1 Å². The molecule has 0 aromatic carbocycles. The van der Waals surface area contributed by atoms with Crippen LogP contribution in [-0.4, -0.2) is 41.0 Å². The predicted molar refractivity (Wildman–Crippen MR) is 109 cm³/mol. The van der Waals surface area contributed by atoms with Crippen molar-refractivity contribution in [1.82, 2.24) is 8.87 Å². The normalized spacial score (nSPS) is 26.6. The minimum absolute atomic E-state index is 0.250. The number of pyridine rings is 1. The van der Waals surface area contributed by atoms with Gasteiger partial charge < -0.3 is 4.57 Å². The molecule has 1 saturated heterocycles. The van der Waals surface area contributed by atoms with Gasteiger partial charge >= 0.3 is 0 Å². The van der Waals surface area contributed by atoms with E-state index in [9.17, 15) is 4.39 Å². The second-order valence-corrected chi connectivity index (χ2v) is 8.23. The van der Waals surface area contributed by atoms with Crippen LogP contribution in [0, 0.1) is 11.7 Å². The third-order valence-corrected chi connectivity index (χ3v) is 6.58. The molecule has 3 rings (SSSR count). The van der Waals surface area contributed by atoms with Crippen molar-refractivity contribution in [1.29, 1.82) is 0 Å². The van der Waals surface area contributed by atoms with E-state index in [2.05, 4.69) is 35.8 Å². The monoisotopic (exact) mass is 376 g/mol. The summed E-state index contributed by atoms with van der Waals surface area (Å²) in [7, 11) is 0. The maximum Gasteiger partial charge on any atom is 0.147 e. The van der Waals surface area contributed by atoms with Crippen molar-refractivity contribution in [2.45, 2.75) is 51.1 Å². The Kier molecular flexibility index (Phi) is 6.35. The maximum absolute atomic E-state index is 14.6. The minimum Gasteiger partial charge on any atom is -0.321 e. The first-order chi connectivity index (χ1) is 12.5. The largest absolute Gasteiger partial charge is 0.321 e. The van der Waals surface area contributed by atoms with Gasteiger partial charge in [0.25, 0.3) is 0 Å². The number of piperidine rings is 1. The molecule has 1 aliphatic carbocycles. The van der Waals surface area contributed by atoms with Crippen LogP contribution in [0.15, 0.2) is 16.1 Å². The fourth-order valence-electron chi connectivity index (χ4n) is 4.19. The molecule has 142 valence electrons. The van der Waals surface area contributed by atoms with Crippen LogP contribution in [0.5, 0.6) is 0 Å². The molecule has 0 spiro atoms. The summed E-state index contributed by atoms with van der Waals surface area (Å²) in [6, 6.07) is 2.01. The number of hydrogen-bond acceptors (Lipinski definition) is 4. The Morgan fingerprint density at radius 1 is 1.27 bits per heavy atom. The molecule has 1 aromatic heterocycles. The molecule has 26 heavy (non-hydrogen) atoms. The molecular formula is C20H29FN4S. The summed E-state index contributed by atoms with van der Waals surface area (Å²) in [6.07, 6.45) is 9.15. The van der Waals surface area contributed by atoms with Crippen molar-refractivity contribution >= 4 is 31.4 Å². The van der Waals surface area contributed by atoms with E-state index < -0.39 is 0 Å². The SMILES string of the molecule is C=N/C=c1/cc(F)c(=C)n(C2CCCC2C)c1=NC1CCN(SC)CC1. The molecule has 1 aromatic rings. The van der Waals surface area contributed by atoms with E-state index in [1.54, 1.807) is 18.1 Å². The molecule has 0 bridgehead atoms. The van der Waals surface area contributed by atoms with Crippen molar-refractivity contribution in [2.75, 3.05) is 19.3 Å². The highest BCUT2D eigenvalue weighted by Gasteiger charge is 2.27. The van der Waals surface area contributed by atoms with Crippen LogP contribution in [0.25, 0.3) is 12.8 Å². The molecular weight excluding hydrogens is 347 g/mol. The van der Waals surface area contributed by atoms with Crippen LogP contribution in [0.1, 0.15) is 45.1 Å². The molecule has 2 aliphatic rings. The molecule has 2 atom stereocenters. The van der Waals surface area contributed by atoms with E-state index in [1.165, 1.54) is 12.5 Å². The van der Waals surface area contributed by atoms with Gasteiger partial charge in [0.05, 0.1) is 11.4 Å². The highest BCUT2D eigenvalue weighted by Crippen LogP contribution is 2.33. The second-order valence-electron chi connectivity index (χ2n) is 7.35. The molecule has 1 aliphatic heterocycles. The lowest BCUT2D eigenvalue weighted by molar-refractivity contribution is 0.334. The van der Waals surface area contributed by atoms with Gasteiger partial charge in [-0.3, -0.25) is 14.3 Å². The number of aromatic nitrogens is 1. The highest BCUT2D eigenvalue weighted by atomic mass is 32.2. The number of halogens is 1. The van der Waals surface area contributed by atoms with E-state index >= 15 is 0 Å². The molecule has 2 heterocycles. The number of nitrogens with zero attached hydrogens (tertiary/aromatic N) is 4. The van der Waals surface area contributed by atoms with Gasteiger partial charge in [0, 0.05) is 30.5 Å². The van der Waals surface area contributed by atoms with Crippen molar-refractivity contribution in [2.24, 2.45) is 15.9 Å². The standard InChI is InChI=1S/C20H29FN4S/c1-14-6-5-7-19(14)25-15(2)18(21)12-16(13-22-3)20(25)23-17-8-10-24(26-4)11-9-17/h12-14,17,19H,2-3,5-11H2,1,4H3/b16-13-,23-20?. The Morgan fingerprint density at radius 3 is 2.58 bits per heavy atom. The molecule has 2 fully saturated rings. The van der Waals surface area contributed by atoms with E-state index in [0.29, 0.717) is 16.5 Å². The lowest BCUT2D eigenvalue weighted by atomic mass is 10.1. The Bertz CT molecular complexity index is 823. The molecule has 6 heteroatoms. The van der Waals surface area contributed by atoms with Gasteiger partial charge in [0.1, 0.15) is 11.3 Å². The van der Waals surface area contributed by atoms with Crippen molar-refractivity contribution in [3.05, 3.63) is 27.9 Å². The van der Waals surface area contributed by atoms with Crippen LogP contribution in [0.4, 0.5) is 4.39 Å². The minimum atomic E-state index is -0.296. The van der Waals surface area contributed by atoms with E-state index in [1.807, 2.05) is 4.57 Å². The van der Waals surface area contributed by atoms with E-state index in [-0.39, 0.29) is 17.9 Å². The lowest BCUT2D eigenvalue weighted by Gasteiger charge is -2.28. The van der Waals surface area contributed by atoms with Gasteiger partial charge in [-0.2, -0.15) is 0 Å². The maximum atomic E-state index is 14.6. The van der Waals surface area contributed by atoms with Crippen molar-refractivity contribution in [3.63, 3.8) is 0 Å². The summed E-state index contributed by atoms with van der Waals surface area (Å²) in [5.41, 5.74) is 0.824. The number of rotatable bonds is 4. The van der Waals surface area contributed by atoms with Gasteiger partial charge in [0.2, 0.25) is 0 Å². The van der Waals surface area contributed by atoms with Crippen LogP contribution in [0.3, 0.4) is 0 Å². The first-order valence-corrected chi connectivity index (χ1v) is 10.6. The third kappa shape index (κ3) is 3.96. The third-order valence-electron chi connectivity index (χ3n) is 5.70. The quantitative estimate of drug-likeness (QED) is 0.597. The topological polar surface area (TPSA) is 32.9 Å². The Balaban J connectivity index is 2.14. The van der Waals surface area contributed by atoms with Crippen LogP contribution >= 0.6 is 11.9 Å². The van der Waals surface area contributed by atoms with Gasteiger partial charge in [-0.25, -0.2) is 4.39 Å². The Hall–Kier alpha value is -1.40. The van der Waals surface area contributed by atoms with Crippen molar-refractivity contribution < 1.29 is 4.39 Å². The molecule has 4 nitrogen and oxygen atoms in total. The van der Waals surface area contributed by atoms with Gasteiger partial charge in [-0.05, 0) is 50.6 Å². The average Bonchev–Trinajstić information content (AvgIpc) is 3.06. The second kappa shape index (κ2) is 8.53. The predicted octanol–water partition coefficient (Wildman–Crippen LogP) is 2.48. The van der Waals surface area contributed by atoms with Gasteiger partial charge in [-0.1, -0.05) is 31.9 Å². The van der Waals surface area contributed by atoms with Gasteiger partial charge in [-0.15, -0.1) is 0 Å².